The van der Waals surface area contributed by atoms with Gasteiger partial charge in [-0.3, -0.25) is 4.79 Å². The van der Waals surface area contributed by atoms with Crippen LogP contribution in [0.25, 0.3) is 0 Å². The van der Waals surface area contributed by atoms with E-state index in [0.717, 1.165) is 12.2 Å². The summed E-state index contributed by atoms with van der Waals surface area (Å²) in [5.74, 6) is 0.151. The van der Waals surface area contributed by atoms with Crippen molar-refractivity contribution in [2.75, 3.05) is 11.9 Å². The molecule has 0 heterocycles. The first-order valence-electron chi connectivity index (χ1n) is 6.85. The molecule has 0 aliphatic heterocycles. The second kappa shape index (κ2) is 6.79. The Balaban J connectivity index is 1.92. The van der Waals surface area contributed by atoms with E-state index >= 15 is 0 Å². The average Bonchev–Trinajstić information content (AvgIpc) is 2.43. The van der Waals surface area contributed by atoms with Gasteiger partial charge in [0.15, 0.2) is 6.61 Å². The number of anilines is 1. The molecule has 0 saturated carbocycles. The Bertz CT molecular complexity index is 601. The number of nitrogens with two attached hydrogens (primary N) is 1. The SMILES string of the molecule is Cc1cc(C)cc(CNc2ccc(OCC(N)=O)cc2)c1. The summed E-state index contributed by atoms with van der Waals surface area (Å²) in [5, 5.41) is 3.36. The van der Waals surface area contributed by atoms with Gasteiger partial charge in [0.25, 0.3) is 5.91 Å². The highest BCUT2D eigenvalue weighted by Crippen LogP contribution is 2.17. The van der Waals surface area contributed by atoms with Gasteiger partial charge in [0, 0.05) is 12.2 Å². The Morgan fingerprint density at radius 3 is 2.29 bits per heavy atom. The lowest BCUT2D eigenvalue weighted by Gasteiger charge is -2.09. The van der Waals surface area contributed by atoms with Gasteiger partial charge in [-0.05, 0) is 43.7 Å². The fourth-order valence-electron chi connectivity index (χ4n) is 2.20. The minimum absolute atomic E-state index is 0.102. The van der Waals surface area contributed by atoms with Crippen LogP contribution in [0.1, 0.15) is 16.7 Å². The van der Waals surface area contributed by atoms with Gasteiger partial charge < -0.3 is 15.8 Å². The predicted octanol–water partition coefficient (Wildman–Crippen LogP) is 2.78. The Kier molecular flexibility index (Phi) is 4.82. The summed E-state index contributed by atoms with van der Waals surface area (Å²) in [6, 6.07) is 14.0. The van der Waals surface area contributed by atoms with Crippen LogP contribution in [-0.2, 0) is 11.3 Å². The van der Waals surface area contributed by atoms with Crippen LogP contribution in [-0.4, -0.2) is 12.5 Å². The van der Waals surface area contributed by atoms with Crippen molar-refractivity contribution < 1.29 is 9.53 Å². The highest BCUT2D eigenvalue weighted by molar-refractivity contribution is 5.75. The van der Waals surface area contributed by atoms with Crippen molar-refractivity contribution >= 4 is 11.6 Å². The van der Waals surface area contributed by atoms with Crippen molar-refractivity contribution in [2.24, 2.45) is 5.73 Å². The molecule has 1 amide bonds. The lowest BCUT2D eigenvalue weighted by atomic mass is 10.1. The normalized spacial score (nSPS) is 10.2. The summed E-state index contributed by atoms with van der Waals surface area (Å²) >= 11 is 0. The third kappa shape index (κ3) is 4.84. The van der Waals surface area contributed by atoms with Crippen LogP contribution >= 0.6 is 0 Å². The molecule has 4 nitrogen and oxygen atoms in total. The zero-order valence-corrected chi connectivity index (χ0v) is 12.3. The number of carbonyl (C=O) groups is 1. The van der Waals surface area contributed by atoms with Gasteiger partial charge in [0.1, 0.15) is 5.75 Å². The molecule has 2 rings (SSSR count). The second-order valence-electron chi connectivity index (χ2n) is 5.13. The highest BCUT2D eigenvalue weighted by Gasteiger charge is 1.99. The predicted molar refractivity (Wildman–Crippen MR) is 84.4 cm³/mol. The fraction of sp³-hybridized carbons (Fsp3) is 0.235. The molecule has 21 heavy (non-hydrogen) atoms. The van der Waals surface area contributed by atoms with Crippen LogP contribution in [0.2, 0.25) is 0 Å². The molecular formula is C17H20N2O2. The summed E-state index contributed by atoms with van der Waals surface area (Å²) in [5.41, 5.74) is 9.81. The molecule has 0 bridgehead atoms. The van der Waals surface area contributed by atoms with Crippen molar-refractivity contribution in [1.82, 2.24) is 0 Å². The van der Waals surface area contributed by atoms with E-state index in [2.05, 4.69) is 37.4 Å². The maximum Gasteiger partial charge on any atom is 0.255 e. The lowest BCUT2D eigenvalue weighted by Crippen LogP contribution is -2.19. The fourth-order valence-corrected chi connectivity index (χ4v) is 2.20. The molecule has 0 aliphatic carbocycles. The summed E-state index contributed by atoms with van der Waals surface area (Å²) < 4.78 is 5.21. The molecule has 0 aliphatic rings. The van der Waals surface area contributed by atoms with Crippen molar-refractivity contribution in [1.29, 1.82) is 0 Å². The molecule has 0 aromatic heterocycles. The van der Waals surface area contributed by atoms with E-state index < -0.39 is 5.91 Å². The summed E-state index contributed by atoms with van der Waals surface area (Å²) in [7, 11) is 0. The second-order valence-corrected chi connectivity index (χ2v) is 5.13. The number of carbonyl (C=O) groups excluding carboxylic acids is 1. The van der Waals surface area contributed by atoms with Gasteiger partial charge in [0.05, 0.1) is 0 Å². The average molecular weight is 284 g/mol. The molecule has 0 spiro atoms. The number of hydrogen-bond donors (Lipinski definition) is 2. The van der Waals surface area contributed by atoms with E-state index in [1.54, 1.807) is 0 Å². The monoisotopic (exact) mass is 284 g/mol. The molecule has 2 aromatic rings. The van der Waals surface area contributed by atoms with Crippen LogP contribution in [0.5, 0.6) is 5.75 Å². The van der Waals surface area contributed by atoms with Crippen molar-refractivity contribution in [3.8, 4) is 5.75 Å². The quantitative estimate of drug-likeness (QED) is 0.857. The number of primary amides is 1. The van der Waals surface area contributed by atoms with Crippen molar-refractivity contribution in [3.63, 3.8) is 0 Å². The first kappa shape index (κ1) is 14.9. The van der Waals surface area contributed by atoms with E-state index in [0.29, 0.717) is 5.75 Å². The standard InChI is InChI=1S/C17H20N2O2/c1-12-7-13(2)9-14(8-12)10-19-15-3-5-16(6-4-15)21-11-17(18)20/h3-9,19H,10-11H2,1-2H3,(H2,18,20). The zero-order chi connectivity index (χ0) is 15.2. The highest BCUT2D eigenvalue weighted by atomic mass is 16.5. The van der Waals surface area contributed by atoms with Crippen molar-refractivity contribution in [2.45, 2.75) is 20.4 Å². The van der Waals surface area contributed by atoms with Gasteiger partial charge in [0.2, 0.25) is 0 Å². The Hall–Kier alpha value is -2.49. The number of rotatable bonds is 6. The third-order valence-corrected chi connectivity index (χ3v) is 3.01. The molecule has 0 saturated heterocycles. The molecule has 2 aromatic carbocycles. The Morgan fingerprint density at radius 2 is 1.71 bits per heavy atom. The van der Waals surface area contributed by atoms with Crippen molar-refractivity contribution in [3.05, 3.63) is 59.2 Å². The Morgan fingerprint density at radius 1 is 1.10 bits per heavy atom. The topological polar surface area (TPSA) is 64.3 Å². The first-order chi connectivity index (χ1) is 10.0. The number of amides is 1. The van der Waals surface area contributed by atoms with Gasteiger partial charge >= 0.3 is 0 Å². The van der Waals surface area contributed by atoms with Gasteiger partial charge in [-0.25, -0.2) is 0 Å². The smallest absolute Gasteiger partial charge is 0.255 e. The van der Waals surface area contributed by atoms with E-state index in [4.69, 9.17) is 10.5 Å². The van der Waals surface area contributed by atoms with E-state index in [1.165, 1.54) is 16.7 Å². The minimum Gasteiger partial charge on any atom is -0.484 e. The molecule has 0 atom stereocenters. The third-order valence-electron chi connectivity index (χ3n) is 3.01. The maximum absolute atomic E-state index is 10.6. The summed E-state index contributed by atoms with van der Waals surface area (Å²) in [6.07, 6.45) is 0. The van der Waals surface area contributed by atoms with Crippen LogP contribution in [0, 0.1) is 13.8 Å². The molecule has 0 unspecified atom stereocenters. The molecule has 0 fully saturated rings. The number of aryl methyl sites for hydroxylation is 2. The molecular weight excluding hydrogens is 264 g/mol. The number of ether oxygens (including phenoxy) is 1. The van der Waals surface area contributed by atoms with E-state index in [9.17, 15) is 4.79 Å². The molecule has 3 N–H and O–H groups in total. The molecule has 4 heteroatoms. The van der Waals surface area contributed by atoms with E-state index in [-0.39, 0.29) is 6.61 Å². The van der Waals surface area contributed by atoms with Crippen LogP contribution in [0.15, 0.2) is 42.5 Å². The summed E-state index contributed by atoms with van der Waals surface area (Å²) in [6.45, 7) is 4.86. The van der Waals surface area contributed by atoms with Crippen LogP contribution in [0.4, 0.5) is 5.69 Å². The minimum atomic E-state index is -0.480. The zero-order valence-electron chi connectivity index (χ0n) is 12.3. The molecule has 0 radical (unpaired) electrons. The van der Waals surface area contributed by atoms with Gasteiger partial charge in [-0.15, -0.1) is 0 Å². The largest absolute Gasteiger partial charge is 0.484 e. The number of hydrogen-bond acceptors (Lipinski definition) is 3. The molecule has 110 valence electrons. The van der Waals surface area contributed by atoms with Crippen LogP contribution < -0.4 is 15.8 Å². The van der Waals surface area contributed by atoms with E-state index in [1.807, 2.05) is 24.3 Å². The Labute approximate surface area is 124 Å². The maximum atomic E-state index is 10.6. The van der Waals surface area contributed by atoms with Gasteiger partial charge in [-0.1, -0.05) is 29.3 Å². The number of nitrogens with one attached hydrogen (secondary N) is 1. The van der Waals surface area contributed by atoms with Crippen LogP contribution in [0.3, 0.4) is 0 Å². The van der Waals surface area contributed by atoms with Gasteiger partial charge in [-0.2, -0.15) is 0 Å². The number of benzene rings is 2. The summed E-state index contributed by atoms with van der Waals surface area (Å²) in [4.78, 5) is 10.6. The lowest BCUT2D eigenvalue weighted by molar-refractivity contribution is -0.119. The first-order valence-corrected chi connectivity index (χ1v) is 6.85.